The van der Waals surface area contributed by atoms with E-state index in [0.29, 0.717) is 12.0 Å². The highest BCUT2D eigenvalue weighted by atomic mass is 32.2. The summed E-state index contributed by atoms with van der Waals surface area (Å²) in [5.41, 5.74) is 7.89. The van der Waals surface area contributed by atoms with Gasteiger partial charge in [-0.25, -0.2) is 4.99 Å². The fourth-order valence-electron chi connectivity index (χ4n) is 2.81. The Balaban J connectivity index is 2.01. The van der Waals surface area contributed by atoms with Crippen LogP contribution < -0.4 is 15.8 Å². The third-order valence-corrected chi connectivity index (χ3v) is 11.6. The van der Waals surface area contributed by atoms with Crippen molar-refractivity contribution in [2.24, 2.45) is 16.6 Å². The molecule has 1 saturated heterocycles. The third-order valence-electron chi connectivity index (χ3n) is 5.69. The van der Waals surface area contributed by atoms with Crippen LogP contribution in [-0.2, 0) is 9.16 Å². The summed E-state index contributed by atoms with van der Waals surface area (Å²) < 4.78 is 16.1. The number of nitrogens with zero attached hydrogens (tertiary/aromatic N) is 1. The van der Waals surface area contributed by atoms with Crippen molar-refractivity contribution < 1.29 is 9.16 Å². The maximum atomic E-state index is 6.85. The SMILES string of the molecule is CC(C)C[CH]C(N)(O[Si](C)(C)C(C)(C)C)C1=NC=S(CCC2CNCCO2)N1. The molecular formula is C20H41N4O2SSi. The highest BCUT2D eigenvalue weighted by Gasteiger charge is 2.46. The van der Waals surface area contributed by atoms with E-state index in [1.54, 1.807) is 0 Å². The van der Waals surface area contributed by atoms with Gasteiger partial charge in [0.1, 0.15) is 0 Å². The Labute approximate surface area is 175 Å². The van der Waals surface area contributed by atoms with Crippen LogP contribution in [0.3, 0.4) is 0 Å². The van der Waals surface area contributed by atoms with Crippen LogP contribution in [-0.4, -0.2) is 56.9 Å². The average molecular weight is 430 g/mol. The summed E-state index contributed by atoms with van der Waals surface area (Å²) in [7, 11) is -2.18. The minimum absolute atomic E-state index is 0.0825. The van der Waals surface area contributed by atoms with Crippen molar-refractivity contribution in [3.63, 3.8) is 0 Å². The molecule has 2 aliphatic rings. The molecule has 0 saturated carbocycles. The van der Waals surface area contributed by atoms with E-state index in [2.05, 4.69) is 69.2 Å². The van der Waals surface area contributed by atoms with Gasteiger partial charge in [-0.1, -0.05) is 45.3 Å². The Morgan fingerprint density at radius 1 is 1.43 bits per heavy atom. The first-order chi connectivity index (χ1) is 12.9. The number of nitrogens with two attached hydrogens (primary N) is 1. The summed E-state index contributed by atoms with van der Waals surface area (Å²) in [4.78, 5) is 4.67. The second-order valence-corrected chi connectivity index (χ2v) is 16.2. The van der Waals surface area contributed by atoms with Crippen molar-refractivity contribution >= 4 is 30.3 Å². The normalized spacial score (nSPS) is 25.8. The highest BCUT2D eigenvalue weighted by molar-refractivity contribution is 8.14. The molecule has 8 heteroatoms. The number of hydrogen-bond donors (Lipinski definition) is 3. The van der Waals surface area contributed by atoms with Gasteiger partial charge in [0.05, 0.1) is 18.2 Å². The van der Waals surface area contributed by atoms with Gasteiger partial charge in [0.25, 0.3) is 0 Å². The largest absolute Gasteiger partial charge is 0.393 e. The smallest absolute Gasteiger partial charge is 0.195 e. The molecule has 6 nitrogen and oxygen atoms in total. The molecular weight excluding hydrogens is 388 g/mol. The Bertz CT molecular complexity index is 583. The predicted molar refractivity (Wildman–Crippen MR) is 125 cm³/mol. The van der Waals surface area contributed by atoms with E-state index in [0.717, 1.165) is 44.1 Å². The lowest BCUT2D eigenvalue weighted by Gasteiger charge is -2.44. The number of rotatable bonds is 9. The van der Waals surface area contributed by atoms with Gasteiger partial charge in [0.15, 0.2) is 19.9 Å². The summed E-state index contributed by atoms with van der Waals surface area (Å²) in [5.74, 6) is 2.27. The van der Waals surface area contributed by atoms with Gasteiger partial charge in [0.2, 0.25) is 0 Å². The van der Waals surface area contributed by atoms with Gasteiger partial charge in [0, 0.05) is 25.3 Å². The van der Waals surface area contributed by atoms with Crippen LogP contribution >= 0.6 is 10.7 Å². The fraction of sp³-hybridized carbons (Fsp3) is 0.850. The molecule has 2 aliphatic heterocycles. The first-order valence-electron chi connectivity index (χ1n) is 10.5. The molecule has 3 unspecified atom stereocenters. The summed E-state index contributed by atoms with van der Waals surface area (Å²) >= 11 is 0. The first kappa shape index (κ1) is 24.0. The molecule has 4 N–H and O–H groups in total. The topological polar surface area (TPSA) is 80.9 Å². The van der Waals surface area contributed by atoms with Crippen molar-refractivity contribution in [3.05, 3.63) is 6.42 Å². The summed E-state index contributed by atoms with van der Waals surface area (Å²) in [6.07, 6.45) is 4.30. The van der Waals surface area contributed by atoms with Crippen molar-refractivity contribution in [2.75, 3.05) is 25.4 Å². The molecule has 1 radical (unpaired) electrons. The van der Waals surface area contributed by atoms with Gasteiger partial charge in [-0.15, -0.1) is 0 Å². The molecule has 0 aromatic heterocycles. The van der Waals surface area contributed by atoms with Gasteiger partial charge in [-0.3, -0.25) is 5.73 Å². The van der Waals surface area contributed by atoms with Gasteiger partial charge < -0.3 is 19.2 Å². The summed E-state index contributed by atoms with van der Waals surface area (Å²) in [5, 5.41) is 3.47. The second-order valence-electron chi connectivity index (χ2n) is 9.79. The molecule has 163 valence electrons. The third kappa shape index (κ3) is 6.64. The molecule has 0 aromatic rings. The minimum atomic E-state index is -2.06. The number of amidine groups is 1. The van der Waals surface area contributed by atoms with E-state index in [9.17, 15) is 0 Å². The fourth-order valence-corrected chi connectivity index (χ4v) is 5.61. The van der Waals surface area contributed by atoms with Crippen molar-refractivity contribution in [1.82, 2.24) is 10.0 Å². The van der Waals surface area contributed by atoms with Crippen LogP contribution in [0.25, 0.3) is 0 Å². The quantitative estimate of drug-likeness (QED) is 0.298. The highest BCUT2D eigenvalue weighted by Crippen LogP contribution is 2.39. The minimum Gasteiger partial charge on any atom is -0.393 e. The van der Waals surface area contributed by atoms with Crippen LogP contribution in [0.5, 0.6) is 0 Å². The second kappa shape index (κ2) is 9.70. The van der Waals surface area contributed by atoms with E-state index in [4.69, 9.17) is 14.9 Å². The van der Waals surface area contributed by atoms with E-state index < -0.39 is 14.0 Å². The molecule has 1 fully saturated rings. The van der Waals surface area contributed by atoms with E-state index in [1.807, 2.05) is 5.49 Å². The molecule has 0 spiro atoms. The molecule has 0 aliphatic carbocycles. The van der Waals surface area contributed by atoms with Crippen molar-refractivity contribution in [3.8, 4) is 0 Å². The van der Waals surface area contributed by atoms with Crippen molar-refractivity contribution in [1.29, 1.82) is 0 Å². The van der Waals surface area contributed by atoms with Crippen LogP contribution in [0.4, 0.5) is 0 Å². The van der Waals surface area contributed by atoms with E-state index >= 15 is 0 Å². The molecule has 0 bridgehead atoms. The zero-order valence-electron chi connectivity index (χ0n) is 18.8. The molecule has 0 amide bonds. The number of nitrogens with one attached hydrogen (secondary N) is 2. The number of ether oxygens (including phenoxy) is 1. The lowest BCUT2D eigenvalue weighted by molar-refractivity contribution is 0.0274. The molecule has 28 heavy (non-hydrogen) atoms. The van der Waals surface area contributed by atoms with Gasteiger partial charge >= 0.3 is 0 Å². The molecule has 2 heterocycles. The molecule has 3 atom stereocenters. The zero-order valence-corrected chi connectivity index (χ0v) is 20.6. The zero-order chi connectivity index (χ0) is 21.0. The Morgan fingerprint density at radius 3 is 2.71 bits per heavy atom. The summed E-state index contributed by atoms with van der Waals surface area (Å²) in [6, 6.07) is 0. The van der Waals surface area contributed by atoms with Gasteiger partial charge in [-0.2, -0.15) is 0 Å². The standard InChI is InChI=1S/C20H41N4O2SSi/c1-16(2)8-10-20(21,26-28(6,7)19(3,4)5)18-23-15-27(24-18)13-9-17-14-22-11-12-25-17/h10,15-17,22H,8-9,11-14,21H2,1-7H3,(H,23,24). The first-order valence-corrected chi connectivity index (χ1v) is 14.8. The average Bonchev–Trinajstić information content (AvgIpc) is 3.08. The maximum Gasteiger partial charge on any atom is 0.195 e. The summed E-state index contributed by atoms with van der Waals surface area (Å²) in [6.45, 7) is 18.3. The van der Waals surface area contributed by atoms with E-state index in [1.165, 1.54) is 0 Å². The Hall–Kier alpha value is -0.253. The monoisotopic (exact) mass is 429 g/mol. The van der Waals surface area contributed by atoms with E-state index in [-0.39, 0.29) is 15.7 Å². The maximum absolute atomic E-state index is 6.85. The van der Waals surface area contributed by atoms with Crippen LogP contribution in [0.15, 0.2) is 4.99 Å². The molecule has 0 aromatic carbocycles. The number of hydrogen-bond acceptors (Lipinski definition) is 6. The molecule has 2 rings (SSSR count). The lowest BCUT2D eigenvalue weighted by Crippen LogP contribution is -2.61. The van der Waals surface area contributed by atoms with Crippen LogP contribution in [0, 0.1) is 12.3 Å². The predicted octanol–water partition coefficient (Wildman–Crippen LogP) is 3.24. The Morgan fingerprint density at radius 2 is 2.14 bits per heavy atom. The lowest BCUT2D eigenvalue weighted by atomic mass is 10.0. The Kier molecular flexibility index (Phi) is 8.32. The van der Waals surface area contributed by atoms with Gasteiger partial charge in [-0.05, 0) is 36.9 Å². The van der Waals surface area contributed by atoms with Crippen LogP contribution in [0.2, 0.25) is 18.1 Å². The number of morpholine rings is 1. The number of aliphatic imine (C=N–C) groups is 1. The van der Waals surface area contributed by atoms with Crippen LogP contribution in [0.1, 0.15) is 47.5 Å². The van der Waals surface area contributed by atoms with Crippen molar-refractivity contribution in [2.45, 2.75) is 77.4 Å².